The molecule has 3 aromatic carbocycles. The number of benzene rings is 3. The van der Waals surface area contributed by atoms with E-state index >= 15 is 0 Å². The summed E-state index contributed by atoms with van der Waals surface area (Å²) < 4.78 is 5.77. The summed E-state index contributed by atoms with van der Waals surface area (Å²) in [6.45, 7) is 5.88. The number of carbonyl (C=O) groups excluding carboxylic acids is 3. The van der Waals surface area contributed by atoms with Crippen LogP contribution in [0.4, 0.5) is 10.5 Å². The van der Waals surface area contributed by atoms with Crippen LogP contribution in [-0.4, -0.2) is 35.1 Å². The van der Waals surface area contributed by atoms with Crippen molar-refractivity contribution in [1.29, 1.82) is 0 Å². The largest absolute Gasteiger partial charge is 0.493 e. The molecule has 0 spiro atoms. The SMILES string of the molecule is CCOc1ccc2ccccc2c1/C=C1/SC(=O)N(CC(=O)Nc2cccc(C)c2C)C1=O. The van der Waals surface area contributed by atoms with Crippen LogP contribution in [0, 0.1) is 13.8 Å². The molecule has 4 rings (SSSR count). The van der Waals surface area contributed by atoms with Crippen molar-refractivity contribution in [3.63, 3.8) is 0 Å². The fourth-order valence-corrected chi connectivity index (χ4v) is 4.51. The second kappa shape index (κ2) is 9.50. The molecular weight excluding hydrogens is 436 g/mol. The molecule has 1 aliphatic heterocycles. The lowest BCUT2D eigenvalue weighted by Gasteiger charge is -2.14. The van der Waals surface area contributed by atoms with Crippen molar-refractivity contribution in [3.05, 3.63) is 76.2 Å². The lowest BCUT2D eigenvalue weighted by atomic mass is 10.0. The van der Waals surface area contributed by atoms with E-state index in [0.29, 0.717) is 18.0 Å². The predicted molar refractivity (Wildman–Crippen MR) is 132 cm³/mol. The minimum Gasteiger partial charge on any atom is -0.493 e. The van der Waals surface area contributed by atoms with Crippen molar-refractivity contribution in [2.45, 2.75) is 20.8 Å². The van der Waals surface area contributed by atoms with E-state index in [1.54, 1.807) is 12.1 Å². The van der Waals surface area contributed by atoms with E-state index in [9.17, 15) is 14.4 Å². The molecule has 0 atom stereocenters. The third-order valence-corrected chi connectivity index (χ3v) is 6.47. The van der Waals surface area contributed by atoms with Gasteiger partial charge < -0.3 is 10.1 Å². The summed E-state index contributed by atoms with van der Waals surface area (Å²) >= 11 is 0.829. The number of aryl methyl sites for hydroxylation is 1. The summed E-state index contributed by atoms with van der Waals surface area (Å²) in [5.74, 6) is -0.278. The summed E-state index contributed by atoms with van der Waals surface area (Å²) in [5.41, 5.74) is 3.39. The van der Waals surface area contributed by atoms with Gasteiger partial charge >= 0.3 is 0 Å². The third kappa shape index (κ3) is 4.64. The first kappa shape index (κ1) is 22.6. The Hall–Kier alpha value is -3.58. The van der Waals surface area contributed by atoms with Crippen LogP contribution in [0.1, 0.15) is 23.6 Å². The molecule has 168 valence electrons. The molecule has 0 radical (unpaired) electrons. The van der Waals surface area contributed by atoms with Gasteiger partial charge in [0.1, 0.15) is 12.3 Å². The fraction of sp³-hybridized carbons (Fsp3) is 0.192. The maximum absolute atomic E-state index is 13.0. The molecule has 1 fully saturated rings. The molecular formula is C26H24N2O4S. The highest BCUT2D eigenvalue weighted by Gasteiger charge is 2.36. The fourth-order valence-electron chi connectivity index (χ4n) is 3.69. The first-order valence-electron chi connectivity index (χ1n) is 10.6. The van der Waals surface area contributed by atoms with E-state index in [0.717, 1.165) is 44.1 Å². The molecule has 33 heavy (non-hydrogen) atoms. The van der Waals surface area contributed by atoms with E-state index in [4.69, 9.17) is 4.74 Å². The van der Waals surface area contributed by atoms with Crippen LogP contribution in [0.25, 0.3) is 16.8 Å². The molecule has 3 amide bonds. The average molecular weight is 461 g/mol. The minimum atomic E-state index is -0.489. The van der Waals surface area contributed by atoms with Crippen LogP contribution in [-0.2, 0) is 9.59 Å². The second-order valence-corrected chi connectivity index (χ2v) is 8.69. The third-order valence-electron chi connectivity index (χ3n) is 5.56. The van der Waals surface area contributed by atoms with Gasteiger partial charge in [0.15, 0.2) is 0 Å². The number of fused-ring (bicyclic) bond motifs is 1. The maximum atomic E-state index is 13.0. The highest BCUT2D eigenvalue weighted by atomic mass is 32.2. The van der Waals surface area contributed by atoms with E-state index in [2.05, 4.69) is 5.32 Å². The van der Waals surface area contributed by atoms with E-state index in [1.807, 2.05) is 69.3 Å². The number of thioether (sulfide) groups is 1. The Morgan fingerprint density at radius 3 is 2.64 bits per heavy atom. The van der Waals surface area contributed by atoms with Gasteiger partial charge in [0.2, 0.25) is 5.91 Å². The molecule has 0 unspecified atom stereocenters. The number of rotatable bonds is 6. The number of nitrogens with zero attached hydrogens (tertiary/aromatic N) is 1. The van der Waals surface area contributed by atoms with Gasteiger partial charge in [0.05, 0.1) is 11.5 Å². The van der Waals surface area contributed by atoms with Crippen LogP contribution in [0.2, 0.25) is 0 Å². The molecule has 3 aromatic rings. The van der Waals surface area contributed by atoms with Gasteiger partial charge in [0.25, 0.3) is 11.1 Å². The molecule has 6 nitrogen and oxygen atoms in total. The van der Waals surface area contributed by atoms with E-state index < -0.39 is 17.1 Å². The van der Waals surface area contributed by atoms with Crippen molar-refractivity contribution < 1.29 is 19.1 Å². The van der Waals surface area contributed by atoms with Gasteiger partial charge in [-0.05, 0) is 72.6 Å². The zero-order valence-electron chi connectivity index (χ0n) is 18.7. The van der Waals surface area contributed by atoms with Crippen LogP contribution >= 0.6 is 11.8 Å². The van der Waals surface area contributed by atoms with Gasteiger partial charge in [-0.25, -0.2) is 0 Å². The summed E-state index contributed by atoms with van der Waals surface area (Å²) in [6.07, 6.45) is 1.68. The van der Waals surface area contributed by atoms with Crippen molar-refractivity contribution in [1.82, 2.24) is 4.90 Å². The lowest BCUT2D eigenvalue weighted by molar-refractivity contribution is -0.127. The molecule has 0 aliphatic carbocycles. The monoisotopic (exact) mass is 460 g/mol. The molecule has 0 aromatic heterocycles. The number of hydrogen-bond donors (Lipinski definition) is 1. The first-order valence-corrected chi connectivity index (χ1v) is 11.5. The summed E-state index contributed by atoms with van der Waals surface area (Å²) in [5, 5.41) is 4.25. The number of hydrogen-bond acceptors (Lipinski definition) is 5. The Labute approximate surface area is 196 Å². The van der Waals surface area contributed by atoms with Crippen molar-refractivity contribution >= 4 is 51.4 Å². The molecule has 1 N–H and O–H groups in total. The topological polar surface area (TPSA) is 75.7 Å². The zero-order chi connectivity index (χ0) is 23.5. The first-order chi connectivity index (χ1) is 15.9. The maximum Gasteiger partial charge on any atom is 0.294 e. The Bertz CT molecular complexity index is 1300. The number of imide groups is 1. The zero-order valence-corrected chi connectivity index (χ0v) is 19.5. The Morgan fingerprint density at radius 2 is 1.85 bits per heavy atom. The van der Waals surface area contributed by atoms with Crippen LogP contribution in [0.3, 0.4) is 0 Å². The van der Waals surface area contributed by atoms with Crippen LogP contribution in [0.15, 0.2) is 59.5 Å². The van der Waals surface area contributed by atoms with Crippen molar-refractivity contribution in [2.75, 3.05) is 18.5 Å². The molecule has 1 aliphatic rings. The lowest BCUT2D eigenvalue weighted by Crippen LogP contribution is -2.36. The van der Waals surface area contributed by atoms with Gasteiger partial charge in [-0.3, -0.25) is 19.3 Å². The Balaban J connectivity index is 1.59. The van der Waals surface area contributed by atoms with Gasteiger partial charge in [-0.2, -0.15) is 0 Å². The standard InChI is InChI=1S/C26H24N2O4S/c1-4-32-22-13-12-18-9-5-6-10-19(18)20(22)14-23-25(30)28(26(31)33-23)15-24(29)27-21-11-7-8-16(2)17(21)3/h5-14H,4,15H2,1-3H3,(H,27,29)/b23-14+. The highest BCUT2D eigenvalue weighted by Crippen LogP contribution is 2.36. The molecule has 0 saturated carbocycles. The summed E-state index contributed by atoms with van der Waals surface area (Å²) in [6, 6.07) is 17.2. The normalized spacial score (nSPS) is 14.9. The number of ether oxygens (including phenoxy) is 1. The predicted octanol–water partition coefficient (Wildman–Crippen LogP) is 5.53. The van der Waals surface area contributed by atoms with Gasteiger partial charge in [-0.1, -0.05) is 42.5 Å². The number of carbonyl (C=O) groups is 3. The molecule has 7 heteroatoms. The Kier molecular flexibility index (Phi) is 6.51. The van der Waals surface area contributed by atoms with Gasteiger partial charge in [-0.15, -0.1) is 0 Å². The number of anilines is 1. The smallest absolute Gasteiger partial charge is 0.294 e. The quantitative estimate of drug-likeness (QED) is 0.490. The van der Waals surface area contributed by atoms with E-state index in [1.165, 1.54) is 0 Å². The van der Waals surface area contributed by atoms with Gasteiger partial charge in [0, 0.05) is 11.3 Å². The van der Waals surface area contributed by atoms with E-state index in [-0.39, 0.29) is 11.4 Å². The highest BCUT2D eigenvalue weighted by molar-refractivity contribution is 8.18. The van der Waals surface area contributed by atoms with Crippen LogP contribution < -0.4 is 10.1 Å². The number of amides is 3. The summed E-state index contributed by atoms with van der Waals surface area (Å²) in [7, 11) is 0. The van der Waals surface area contributed by atoms with Crippen LogP contribution in [0.5, 0.6) is 5.75 Å². The second-order valence-electron chi connectivity index (χ2n) is 7.70. The Morgan fingerprint density at radius 1 is 1.06 bits per heavy atom. The summed E-state index contributed by atoms with van der Waals surface area (Å²) in [4.78, 5) is 39.4. The molecule has 1 heterocycles. The molecule has 1 saturated heterocycles. The number of nitrogens with one attached hydrogen (secondary N) is 1. The minimum absolute atomic E-state index is 0.261. The average Bonchev–Trinajstić information content (AvgIpc) is 3.06. The molecule has 0 bridgehead atoms. The van der Waals surface area contributed by atoms with Crippen molar-refractivity contribution in [2.24, 2.45) is 0 Å². The van der Waals surface area contributed by atoms with Crippen molar-refractivity contribution in [3.8, 4) is 5.75 Å².